The average Bonchev–Trinajstić information content (AvgIpc) is 2.91. The van der Waals surface area contributed by atoms with E-state index < -0.39 is 12.0 Å². The van der Waals surface area contributed by atoms with Gasteiger partial charge in [-0.15, -0.1) is 0 Å². The number of hydrogen-bond acceptors (Lipinski definition) is 9. The van der Waals surface area contributed by atoms with Gasteiger partial charge in [-0.2, -0.15) is 0 Å². The first-order valence-electron chi connectivity index (χ1n) is 12.0. The van der Waals surface area contributed by atoms with Gasteiger partial charge in [0.05, 0.1) is 36.2 Å². The summed E-state index contributed by atoms with van der Waals surface area (Å²) < 4.78 is 18.1. The van der Waals surface area contributed by atoms with Crippen LogP contribution in [0.1, 0.15) is 18.5 Å². The number of nitrogens with one attached hydrogen (secondary N) is 1. The summed E-state index contributed by atoms with van der Waals surface area (Å²) in [5.74, 6) is 1.09. The fourth-order valence-corrected chi connectivity index (χ4v) is 4.79. The van der Waals surface area contributed by atoms with Crippen molar-refractivity contribution in [2.24, 2.45) is 0 Å². The molecule has 2 aliphatic rings. The molecule has 1 fully saturated rings. The van der Waals surface area contributed by atoms with Gasteiger partial charge in [-0.25, -0.2) is 4.98 Å². The molecule has 0 spiro atoms. The molecule has 2 unspecified atom stereocenters. The third-order valence-corrected chi connectivity index (χ3v) is 6.72. The quantitative estimate of drug-likeness (QED) is 0.472. The summed E-state index contributed by atoms with van der Waals surface area (Å²) in [5.41, 5.74) is 1.93. The molecule has 2 N–H and O–H groups in total. The molecule has 0 bridgehead atoms. The second-order valence-electron chi connectivity index (χ2n) is 8.91. The summed E-state index contributed by atoms with van der Waals surface area (Å²) in [6.07, 6.45) is 4.20. The van der Waals surface area contributed by atoms with Crippen LogP contribution < -0.4 is 25.1 Å². The monoisotopic (exact) mass is 495 g/mol. The van der Waals surface area contributed by atoms with Crippen LogP contribution in [-0.2, 0) is 17.9 Å². The van der Waals surface area contributed by atoms with Crippen molar-refractivity contribution in [1.29, 1.82) is 0 Å². The zero-order valence-corrected chi connectivity index (χ0v) is 20.1. The molecule has 1 aromatic carbocycles. The minimum absolute atomic E-state index is 0.0334. The average molecular weight is 496 g/mol. The van der Waals surface area contributed by atoms with Crippen molar-refractivity contribution < 1.29 is 24.1 Å². The van der Waals surface area contributed by atoms with Crippen molar-refractivity contribution >= 4 is 17.0 Å². The molecule has 11 nitrogen and oxygen atoms in total. The van der Waals surface area contributed by atoms with Crippen LogP contribution in [0.5, 0.6) is 17.2 Å². The lowest BCUT2D eigenvalue weighted by Gasteiger charge is -2.37. The topological polar surface area (TPSA) is 128 Å². The van der Waals surface area contributed by atoms with Crippen LogP contribution in [0.25, 0.3) is 11.0 Å². The molecule has 1 saturated heterocycles. The van der Waals surface area contributed by atoms with Gasteiger partial charge in [0.2, 0.25) is 0 Å². The minimum Gasteiger partial charge on any atom is -0.497 e. The fourth-order valence-electron chi connectivity index (χ4n) is 4.79. The largest absolute Gasteiger partial charge is 0.497 e. The summed E-state index contributed by atoms with van der Waals surface area (Å²) in [6.45, 7) is 2.93. The zero-order valence-electron chi connectivity index (χ0n) is 20.1. The number of benzene rings is 1. The highest BCUT2D eigenvalue weighted by Gasteiger charge is 2.33. The van der Waals surface area contributed by atoms with E-state index in [1.54, 1.807) is 36.1 Å². The van der Waals surface area contributed by atoms with Gasteiger partial charge in [0.15, 0.2) is 11.5 Å². The Hall–Kier alpha value is -3.70. The third-order valence-electron chi connectivity index (χ3n) is 6.72. The molecule has 2 aliphatic heterocycles. The molecule has 3 aromatic rings. The SMILES string of the molecule is COc1ccc2ncc(=O)n(CCN3CCC(NCc4cc5c(cn4)OCCO5)CC3C(=O)O)c2c1. The van der Waals surface area contributed by atoms with Crippen molar-refractivity contribution in [1.82, 2.24) is 24.8 Å². The summed E-state index contributed by atoms with van der Waals surface area (Å²) in [4.78, 5) is 35.2. The number of piperidine rings is 1. The smallest absolute Gasteiger partial charge is 0.320 e. The highest BCUT2D eigenvalue weighted by atomic mass is 16.6. The van der Waals surface area contributed by atoms with E-state index in [2.05, 4.69) is 15.3 Å². The Morgan fingerprint density at radius 1 is 1.17 bits per heavy atom. The van der Waals surface area contributed by atoms with Gasteiger partial charge in [-0.05, 0) is 25.0 Å². The molecule has 5 rings (SSSR count). The molecule has 0 saturated carbocycles. The summed E-state index contributed by atoms with van der Waals surface area (Å²) in [5, 5.41) is 13.4. The van der Waals surface area contributed by atoms with E-state index in [0.717, 1.165) is 12.1 Å². The Balaban J connectivity index is 1.23. The van der Waals surface area contributed by atoms with Gasteiger partial charge in [-0.1, -0.05) is 0 Å². The lowest BCUT2D eigenvalue weighted by molar-refractivity contribution is -0.145. The molecule has 11 heteroatoms. The van der Waals surface area contributed by atoms with E-state index in [0.29, 0.717) is 74.1 Å². The number of carboxylic acids is 1. The number of hydrogen-bond donors (Lipinski definition) is 2. The number of rotatable bonds is 8. The number of pyridine rings is 1. The minimum atomic E-state index is -0.868. The first kappa shape index (κ1) is 24.0. The van der Waals surface area contributed by atoms with Crippen molar-refractivity contribution in [3.63, 3.8) is 0 Å². The Morgan fingerprint density at radius 2 is 2.00 bits per heavy atom. The van der Waals surface area contributed by atoms with Crippen LogP contribution in [-0.4, -0.2) is 76.0 Å². The van der Waals surface area contributed by atoms with Crippen LogP contribution in [0.15, 0.2) is 41.5 Å². The number of likely N-dealkylation sites (tertiary alicyclic amines) is 1. The number of carbonyl (C=O) groups is 1. The number of methoxy groups -OCH3 is 1. The van der Waals surface area contributed by atoms with Crippen molar-refractivity contribution in [2.45, 2.75) is 38.0 Å². The van der Waals surface area contributed by atoms with Crippen LogP contribution in [0.4, 0.5) is 0 Å². The highest BCUT2D eigenvalue weighted by molar-refractivity contribution is 5.76. The predicted octanol–water partition coefficient (Wildman–Crippen LogP) is 1.28. The van der Waals surface area contributed by atoms with Crippen molar-refractivity contribution in [3.8, 4) is 17.2 Å². The maximum Gasteiger partial charge on any atom is 0.320 e. The van der Waals surface area contributed by atoms with Gasteiger partial charge in [0, 0.05) is 44.4 Å². The maximum absolute atomic E-state index is 12.6. The Kier molecular flexibility index (Phi) is 7.01. The van der Waals surface area contributed by atoms with Gasteiger partial charge in [0.1, 0.15) is 25.0 Å². The van der Waals surface area contributed by atoms with E-state index in [1.807, 2.05) is 11.0 Å². The van der Waals surface area contributed by atoms with Crippen molar-refractivity contribution in [2.75, 3.05) is 33.4 Å². The first-order valence-corrected chi connectivity index (χ1v) is 12.0. The predicted molar refractivity (Wildman–Crippen MR) is 131 cm³/mol. The number of ether oxygens (including phenoxy) is 3. The van der Waals surface area contributed by atoms with Crippen molar-refractivity contribution in [3.05, 3.63) is 52.7 Å². The number of aromatic nitrogens is 3. The van der Waals surface area contributed by atoms with Gasteiger partial charge in [-0.3, -0.25) is 19.5 Å². The molecular weight excluding hydrogens is 466 g/mol. The van der Waals surface area contributed by atoms with Gasteiger partial charge in [0.25, 0.3) is 5.56 Å². The summed E-state index contributed by atoms with van der Waals surface area (Å²) >= 11 is 0. The van der Waals surface area contributed by atoms with Gasteiger partial charge < -0.3 is 29.2 Å². The van der Waals surface area contributed by atoms with Crippen LogP contribution >= 0.6 is 0 Å². The van der Waals surface area contributed by atoms with E-state index in [1.165, 1.54) is 6.20 Å². The first-order chi connectivity index (χ1) is 17.5. The third kappa shape index (κ3) is 5.12. The lowest BCUT2D eigenvalue weighted by Crippen LogP contribution is -2.52. The molecule has 190 valence electrons. The zero-order chi connectivity index (χ0) is 25.1. The Labute approximate surface area is 207 Å². The number of carboxylic acid groups (broad SMARTS) is 1. The number of nitrogens with zero attached hydrogens (tertiary/aromatic N) is 4. The number of aliphatic carboxylic acids is 1. The van der Waals surface area contributed by atoms with Crippen LogP contribution in [0.3, 0.4) is 0 Å². The Morgan fingerprint density at radius 3 is 2.81 bits per heavy atom. The molecule has 0 radical (unpaired) electrons. The molecule has 4 heterocycles. The van der Waals surface area contributed by atoms with E-state index in [4.69, 9.17) is 14.2 Å². The summed E-state index contributed by atoms with van der Waals surface area (Å²) in [6, 6.07) is 6.62. The highest BCUT2D eigenvalue weighted by Crippen LogP contribution is 2.29. The molecule has 0 aliphatic carbocycles. The maximum atomic E-state index is 12.6. The Bertz CT molecular complexity index is 1310. The molecular formula is C25H29N5O6. The molecule has 2 atom stereocenters. The normalized spacial score (nSPS) is 19.8. The standard InChI is InChI=1S/C25H29N5O6/c1-34-18-2-3-19-20(12-18)30(24(31)15-28-19)7-6-29-5-4-16(10-21(29)25(32)33)26-13-17-11-22-23(14-27-17)36-9-8-35-22/h2-3,11-12,14-16,21,26H,4-10,13H2,1H3,(H,32,33). The van der Waals surface area contributed by atoms with Crippen LogP contribution in [0, 0.1) is 0 Å². The molecule has 36 heavy (non-hydrogen) atoms. The van der Waals surface area contributed by atoms with Crippen LogP contribution in [0.2, 0.25) is 0 Å². The molecule has 2 aromatic heterocycles. The fraction of sp³-hybridized carbons (Fsp3) is 0.440. The molecule has 0 amide bonds. The summed E-state index contributed by atoms with van der Waals surface area (Å²) in [7, 11) is 1.57. The number of fused-ring (bicyclic) bond motifs is 2. The second kappa shape index (κ2) is 10.5. The van der Waals surface area contributed by atoms with Gasteiger partial charge >= 0.3 is 5.97 Å². The van der Waals surface area contributed by atoms with E-state index in [9.17, 15) is 14.7 Å². The van der Waals surface area contributed by atoms with E-state index in [-0.39, 0.29) is 11.6 Å². The lowest BCUT2D eigenvalue weighted by atomic mass is 9.97. The van der Waals surface area contributed by atoms with E-state index >= 15 is 0 Å². The second-order valence-corrected chi connectivity index (χ2v) is 8.91.